The normalized spacial score (nSPS) is 17.4. The van der Waals surface area contributed by atoms with E-state index in [2.05, 4.69) is 4.31 Å². The number of hydrogen-bond donors (Lipinski definition) is 1. The average molecular weight is 362 g/mol. The second-order valence-corrected chi connectivity index (χ2v) is 7.64. The number of nitrogens with zero attached hydrogens (tertiary/aromatic N) is 2. The van der Waals surface area contributed by atoms with Crippen LogP contribution in [0.1, 0.15) is 12.8 Å². The molecule has 0 amide bonds. The van der Waals surface area contributed by atoms with Gasteiger partial charge in [-0.1, -0.05) is 24.1 Å². The molecule has 0 spiro atoms. The highest BCUT2D eigenvalue weighted by Crippen LogP contribution is 2.33. The van der Waals surface area contributed by atoms with Gasteiger partial charge in [-0.15, -0.1) is 0 Å². The van der Waals surface area contributed by atoms with Crippen molar-refractivity contribution in [3.8, 4) is 0 Å². The predicted octanol–water partition coefficient (Wildman–Crippen LogP) is 4.18. The summed E-state index contributed by atoms with van der Waals surface area (Å²) in [5.41, 5.74) is 1.23. The summed E-state index contributed by atoms with van der Waals surface area (Å²) in [6.45, 7) is 1.83. The summed E-state index contributed by atoms with van der Waals surface area (Å²) in [6.07, 6.45) is 1.75. The van der Waals surface area contributed by atoms with Crippen molar-refractivity contribution >= 4 is 33.8 Å². The van der Waals surface area contributed by atoms with Gasteiger partial charge in [0.25, 0.3) is 0 Å². The second-order valence-electron chi connectivity index (χ2n) is 6.46. The van der Waals surface area contributed by atoms with Crippen LogP contribution in [0.4, 0.5) is 8.78 Å². The first-order chi connectivity index (χ1) is 12.1. The molecule has 0 saturated carbocycles. The van der Waals surface area contributed by atoms with Crippen LogP contribution in [0.3, 0.4) is 0 Å². The zero-order valence-electron chi connectivity index (χ0n) is 13.8. The highest BCUT2D eigenvalue weighted by molar-refractivity contribution is 7.97. The lowest BCUT2D eigenvalue weighted by Crippen LogP contribution is -2.33. The third-order valence-electron chi connectivity index (χ3n) is 4.70. The second kappa shape index (κ2) is 6.94. The Labute approximate surface area is 149 Å². The van der Waals surface area contributed by atoms with E-state index in [9.17, 15) is 13.9 Å². The molecule has 3 aromatic rings. The molecule has 1 aliphatic heterocycles. The molecular weight excluding hydrogens is 342 g/mol. The molecule has 1 fully saturated rings. The van der Waals surface area contributed by atoms with Crippen molar-refractivity contribution in [3.05, 3.63) is 48.0 Å². The lowest BCUT2D eigenvalue weighted by molar-refractivity contribution is 0.132. The van der Waals surface area contributed by atoms with Crippen LogP contribution in [0.15, 0.2) is 36.4 Å². The van der Waals surface area contributed by atoms with Crippen LogP contribution in [0.5, 0.6) is 0 Å². The number of halogens is 2. The first-order valence-corrected chi connectivity index (χ1v) is 9.50. The smallest absolute Gasteiger partial charge is 0.133 e. The Balaban J connectivity index is 1.73. The molecule has 1 unspecified atom stereocenters. The maximum atomic E-state index is 14.4. The molecule has 1 saturated heterocycles. The molecule has 2 heterocycles. The standard InChI is InChI=1S/C19H20F2N2OS/c20-14-5-3-7-16-18(14)19-15(21)6-4-8-17(19)23(16)12-13(24)11-22-9-1-2-10-25-22/h3-8,13,24H,1-2,9-12H2. The third kappa shape index (κ3) is 3.14. The van der Waals surface area contributed by atoms with E-state index in [4.69, 9.17) is 0 Å². The van der Waals surface area contributed by atoms with E-state index < -0.39 is 17.7 Å². The van der Waals surface area contributed by atoms with Crippen molar-refractivity contribution in [1.29, 1.82) is 0 Å². The van der Waals surface area contributed by atoms with Crippen LogP contribution < -0.4 is 0 Å². The molecule has 0 radical (unpaired) electrons. The molecule has 2 aromatic carbocycles. The number of aliphatic hydroxyl groups is 1. The van der Waals surface area contributed by atoms with Gasteiger partial charge in [0.1, 0.15) is 11.6 Å². The molecule has 1 aromatic heterocycles. The minimum atomic E-state index is -0.601. The minimum Gasteiger partial charge on any atom is -0.390 e. The van der Waals surface area contributed by atoms with E-state index >= 15 is 0 Å². The number of aliphatic hydroxyl groups excluding tert-OH is 1. The van der Waals surface area contributed by atoms with Crippen LogP contribution in [0.25, 0.3) is 21.8 Å². The zero-order valence-corrected chi connectivity index (χ0v) is 14.6. The summed E-state index contributed by atoms with van der Waals surface area (Å²) in [7, 11) is 0. The molecule has 6 heteroatoms. The van der Waals surface area contributed by atoms with E-state index in [1.165, 1.54) is 18.6 Å². The molecule has 0 aliphatic carbocycles. The SMILES string of the molecule is OC(CN1CCCCS1)Cn1c2cccc(F)c2c2c(F)cccc21. The van der Waals surface area contributed by atoms with E-state index in [1.54, 1.807) is 36.2 Å². The van der Waals surface area contributed by atoms with Gasteiger partial charge in [0.15, 0.2) is 0 Å². The van der Waals surface area contributed by atoms with Crippen LogP contribution in [-0.2, 0) is 6.54 Å². The molecule has 25 heavy (non-hydrogen) atoms. The van der Waals surface area contributed by atoms with Gasteiger partial charge in [0, 0.05) is 29.6 Å². The molecule has 132 valence electrons. The summed E-state index contributed by atoms with van der Waals surface area (Å²) in [4.78, 5) is 0. The maximum absolute atomic E-state index is 14.4. The van der Waals surface area contributed by atoms with E-state index in [0.717, 1.165) is 18.7 Å². The number of rotatable bonds is 4. The third-order valence-corrected chi connectivity index (χ3v) is 5.87. The van der Waals surface area contributed by atoms with Crippen molar-refractivity contribution in [1.82, 2.24) is 8.87 Å². The van der Waals surface area contributed by atoms with Crippen LogP contribution in [0.2, 0.25) is 0 Å². The van der Waals surface area contributed by atoms with Gasteiger partial charge in [0.2, 0.25) is 0 Å². The Morgan fingerprint density at radius 2 is 1.60 bits per heavy atom. The van der Waals surface area contributed by atoms with E-state index in [1.807, 2.05) is 4.57 Å². The van der Waals surface area contributed by atoms with Gasteiger partial charge in [-0.25, -0.2) is 13.1 Å². The van der Waals surface area contributed by atoms with Crippen molar-refractivity contribution in [3.63, 3.8) is 0 Å². The van der Waals surface area contributed by atoms with Crippen molar-refractivity contribution in [2.24, 2.45) is 0 Å². The van der Waals surface area contributed by atoms with Crippen LogP contribution in [-0.4, -0.2) is 38.9 Å². The quantitative estimate of drug-likeness (QED) is 0.706. The summed E-state index contributed by atoms with van der Waals surface area (Å²) in [5, 5.41) is 11.1. The Bertz CT molecular complexity index is 846. The zero-order chi connectivity index (χ0) is 17.4. The Hall–Kier alpha value is -1.63. The molecule has 1 aliphatic rings. The summed E-state index contributed by atoms with van der Waals surface area (Å²) in [6, 6.07) is 9.49. The lowest BCUT2D eigenvalue weighted by Gasteiger charge is -2.27. The first-order valence-electron chi connectivity index (χ1n) is 8.56. The fraction of sp³-hybridized carbons (Fsp3) is 0.368. The summed E-state index contributed by atoms with van der Waals surface area (Å²) >= 11 is 1.76. The topological polar surface area (TPSA) is 28.4 Å². The molecule has 3 nitrogen and oxygen atoms in total. The average Bonchev–Trinajstić information content (AvgIpc) is 2.92. The summed E-state index contributed by atoms with van der Waals surface area (Å²) < 4.78 is 32.7. The van der Waals surface area contributed by atoms with Crippen molar-refractivity contribution in [2.45, 2.75) is 25.5 Å². The number of aromatic nitrogens is 1. The van der Waals surface area contributed by atoms with Crippen molar-refractivity contribution in [2.75, 3.05) is 18.8 Å². The lowest BCUT2D eigenvalue weighted by atomic mass is 10.1. The number of β-amino-alcohol motifs (C(OH)–C–C–N with tert-alkyl or cyclic N) is 1. The fourth-order valence-corrected chi connectivity index (χ4v) is 4.72. The van der Waals surface area contributed by atoms with Gasteiger partial charge in [-0.05, 0) is 37.1 Å². The van der Waals surface area contributed by atoms with Crippen molar-refractivity contribution < 1.29 is 13.9 Å². The first kappa shape index (κ1) is 16.8. The van der Waals surface area contributed by atoms with Crippen LogP contribution >= 0.6 is 11.9 Å². The Morgan fingerprint density at radius 3 is 2.16 bits per heavy atom. The highest BCUT2D eigenvalue weighted by Gasteiger charge is 2.20. The monoisotopic (exact) mass is 362 g/mol. The minimum absolute atomic E-state index is 0.287. The Morgan fingerprint density at radius 1 is 0.960 bits per heavy atom. The molecule has 0 bridgehead atoms. The van der Waals surface area contributed by atoms with Crippen LogP contribution in [0, 0.1) is 11.6 Å². The molecule has 1 atom stereocenters. The Kier molecular flexibility index (Phi) is 4.67. The number of hydrogen-bond acceptors (Lipinski definition) is 3. The number of benzene rings is 2. The van der Waals surface area contributed by atoms with Gasteiger partial charge in [-0.3, -0.25) is 0 Å². The van der Waals surface area contributed by atoms with Gasteiger partial charge in [0.05, 0.1) is 23.7 Å². The summed E-state index contributed by atoms with van der Waals surface area (Å²) in [5.74, 6) is 0.207. The number of fused-ring (bicyclic) bond motifs is 3. The molecule has 1 N–H and O–H groups in total. The fourth-order valence-electron chi connectivity index (χ4n) is 3.59. The maximum Gasteiger partial charge on any atom is 0.133 e. The van der Waals surface area contributed by atoms with Gasteiger partial charge >= 0.3 is 0 Å². The molecular formula is C19H20F2N2OS. The molecule has 4 rings (SSSR count). The van der Waals surface area contributed by atoms with Gasteiger partial charge in [-0.2, -0.15) is 0 Å². The van der Waals surface area contributed by atoms with Gasteiger partial charge < -0.3 is 9.67 Å². The van der Waals surface area contributed by atoms with E-state index in [-0.39, 0.29) is 10.8 Å². The largest absolute Gasteiger partial charge is 0.390 e. The predicted molar refractivity (Wildman–Crippen MR) is 98.6 cm³/mol. The highest BCUT2D eigenvalue weighted by atomic mass is 32.2. The van der Waals surface area contributed by atoms with E-state index in [0.29, 0.717) is 24.1 Å².